The number of sulfone groups is 1. The Bertz CT molecular complexity index is 1440. The number of amides is 2. The highest BCUT2D eigenvalue weighted by Crippen LogP contribution is 2.40. The van der Waals surface area contributed by atoms with Crippen molar-refractivity contribution in [1.82, 2.24) is 15.2 Å². The van der Waals surface area contributed by atoms with Gasteiger partial charge in [0.1, 0.15) is 0 Å². The van der Waals surface area contributed by atoms with Crippen LogP contribution >= 0.6 is 11.6 Å². The number of benzene rings is 2. The molecule has 0 radical (unpaired) electrons. The molecule has 3 rings (SSSR count). The minimum Gasteiger partial charge on any atom is -0.465 e. The molecule has 210 valence electrons. The van der Waals surface area contributed by atoms with E-state index in [1.807, 2.05) is 6.07 Å². The standard InChI is InChI=1S/C23H24ClF3N6O5S/c1-2-39(37,38)18-4-3-13(11-28)9-17(18)30-31-21(34)14-10-16(23(25,26)27)15(19(24)20(14)29)12-32-5-7-33(8-6-32)22(35)36/h3-4,9-10,30H,2,5-8,12,29H2,1H3,(H,31,34)(H,35,36). The molecule has 0 spiro atoms. The fourth-order valence-electron chi connectivity index (χ4n) is 3.94. The van der Waals surface area contributed by atoms with Gasteiger partial charge in [0, 0.05) is 32.7 Å². The first-order valence-corrected chi connectivity index (χ1v) is 13.4. The van der Waals surface area contributed by atoms with Crippen molar-refractivity contribution in [3.8, 4) is 6.07 Å². The minimum absolute atomic E-state index is 0.0669. The summed E-state index contributed by atoms with van der Waals surface area (Å²) >= 11 is 6.24. The lowest BCUT2D eigenvalue weighted by atomic mass is 10.00. The normalized spacial score (nSPS) is 14.5. The molecular weight excluding hydrogens is 565 g/mol. The van der Waals surface area contributed by atoms with Gasteiger partial charge in [0.15, 0.2) is 9.84 Å². The van der Waals surface area contributed by atoms with Gasteiger partial charge in [-0.2, -0.15) is 18.4 Å². The number of carbonyl (C=O) groups is 2. The van der Waals surface area contributed by atoms with Crippen LogP contribution in [0, 0.1) is 11.3 Å². The number of nitrogen functional groups attached to an aromatic ring is 1. The zero-order valence-electron chi connectivity index (χ0n) is 20.5. The van der Waals surface area contributed by atoms with E-state index < -0.39 is 49.9 Å². The first-order valence-electron chi connectivity index (χ1n) is 11.4. The lowest BCUT2D eigenvalue weighted by molar-refractivity contribution is -0.138. The number of carboxylic acid groups (broad SMARTS) is 1. The van der Waals surface area contributed by atoms with Crippen LogP contribution in [0.15, 0.2) is 29.2 Å². The first-order chi connectivity index (χ1) is 18.2. The van der Waals surface area contributed by atoms with Crippen molar-refractivity contribution in [2.45, 2.75) is 24.5 Å². The molecule has 2 aromatic carbocycles. The lowest BCUT2D eigenvalue weighted by Crippen LogP contribution is -2.48. The fourth-order valence-corrected chi connectivity index (χ4v) is 5.23. The second kappa shape index (κ2) is 11.6. The van der Waals surface area contributed by atoms with Crippen LogP contribution in [0.3, 0.4) is 0 Å². The Morgan fingerprint density at radius 2 is 1.85 bits per heavy atom. The molecule has 0 aliphatic carbocycles. The van der Waals surface area contributed by atoms with Crippen molar-refractivity contribution in [1.29, 1.82) is 5.26 Å². The molecule has 5 N–H and O–H groups in total. The first kappa shape index (κ1) is 29.8. The monoisotopic (exact) mass is 588 g/mol. The van der Waals surface area contributed by atoms with Gasteiger partial charge in [-0.25, -0.2) is 13.2 Å². The smallest absolute Gasteiger partial charge is 0.416 e. The fraction of sp³-hybridized carbons (Fsp3) is 0.348. The van der Waals surface area contributed by atoms with Crippen LogP contribution in [-0.4, -0.2) is 67.3 Å². The van der Waals surface area contributed by atoms with Gasteiger partial charge in [0.2, 0.25) is 0 Å². The van der Waals surface area contributed by atoms with Gasteiger partial charge < -0.3 is 15.7 Å². The molecule has 0 bridgehead atoms. The van der Waals surface area contributed by atoms with E-state index in [4.69, 9.17) is 27.7 Å². The van der Waals surface area contributed by atoms with E-state index >= 15 is 0 Å². The van der Waals surface area contributed by atoms with Gasteiger partial charge in [0.05, 0.1) is 49.8 Å². The van der Waals surface area contributed by atoms with Crippen LogP contribution in [0.25, 0.3) is 0 Å². The number of nitrogens with one attached hydrogen (secondary N) is 2. The van der Waals surface area contributed by atoms with Crippen LogP contribution in [0.5, 0.6) is 0 Å². The van der Waals surface area contributed by atoms with E-state index in [9.17, 15) is 31.2 Å². The molecule has 0 saturated carbocycles. The van der Waals surface area contributed by atoms with E-state index in [-0.39, 0.29) is 60.2 Å². The van der Waals surface area contributed by atoms with Crippen molar-refractivity contribution in [3.05, 3.63) is 51.5 Å². The number of nitrogens with two attached hydrogens (primary N) is 1. The largest absolute Gasteiger partial charge is 0.465 e. The predicted octanol–water partition coefficient (Wildman–Crippen LogP) is 3.16. The third kappa shape index (κ3) is 6.64. The van der Waals surface area contributed by atoms with Crippen LogP contribution in [0.2, 0.25) is 5.02 Å². The summed E-state index contributed by atoms with van der Waals surface area (Å²) in [6.45, 7) is 1.63. The van der Waals surface area contributed by atoms with Gasteiger partial charge in [-0.05, 0) is 29.8 Å². The second-order valence-electron chi connectivity index (χ2n) is 8.53. The number of nitrogens with zero attached hydrogens (tertiary/aromatic N) is 3. The second-order valence-corrected chi connectivity index (χ2v) is 11.2. The number of hydrogen-bond acceptors (Lipinski definition) is 8. The van der Waals surface area contributed by atoms with E-state index in [1.165, 1.54) is 19.1 Å². The van der Waals surface area contributed by atoms with Gasteiger partial charge in [0.25, 0.3) is 5.91 Å². The number of anilines is 2. The van der Waals surface area contributed by atoms with Gasteiger partial charge in [-0.3, -0.25) is 20.5 Å². The maximum atomic E-state index is 14.0. The number of alkyl halides is 3. The Morgan fingerprint density at radius 3 is 2.38 bits per heavy atom. The highest BCUT2D eigenvalue weighted by atomic mass is 35.5. The Hall–Kier alpha value is -3.74. The van der Waals surface area contributed by atoms with Crippen molar-refractivity contribution < 1.29 is 36.3 Å². The highest BCUT2D eigenvalue weighted by molar-refractivity contribution is 7.91. The third-order valence-electron chi connectivity index (χ3n) is 6.11. The van der Waals surface area contributed by atoms with E-state index in [0.717, 1.165) is 11.0 Å². The van der Waals surface area contributed by atoms with Crippen LogP contribution < -0.4 is 16.6 Å². The molecule has 0 atom stereocenters. The number of hydrazine groups is 1. The molecule has 1 saturated heterocycles. The molecule has 39 heavy (non-hydrogen) atoms. The number of piperazine rings is 1. The average molecular weight is 589 g/mol. The molecule has 2 aromatic rings. The number of hydrogen-bond donors (Lipinski definition) is 4. The molecule has 1 heterocycles. The molecule has 1 aliphatic heterocycles. The summed E-state index contributed by atoms with van der Waals surface area (Å²) < 4.78 is 66.9. The molecule has 11 nitrogen and oxygen atoms in total. The van der Waals surface area contributed by atoms with Gasteiger partial charge in [-0.1, -0.05) is 18.5 Å². The Labute approximate surface area is 226 Å². The topological polar surface area (TPSA) is 169 Å². The number of rotatable bonds is 7. The van der Waals surface area contributed by atoms with Crippen molar-refractivity contribution in [2.75, 3.05) is 43.1 Å². The number of halogens is 4. The Kier molecular flexibility index (Phi) is 8.84. The summed E-state index contributed by atoms with van der Waals surface area (Å²) in [5.41, 5.74) is 7.73. The maximum absolute atomic E-state index is 14.0. The van der Waals surface area contributed by atoms with Crippen molar-refractivity contribution >= 4 is 44.8 Å². The molecule has 16 heteroatoms. The number of carbonyl (C=O) groups excluding carboxylic acids is 1. The van der Waals surface area contributed by atoms with Gasteiger partial charge >= 0.3 is 12.3 Å². The van der Waals surface area contributed by atoms with Crippen LogP contribution in [-0.2, 0) is 22.6 Å². The minimum atomic E-state index is -4.92. The van der Waals surface area contributed by atoms with Crippen molar-refractivity contribution in [3.63, 3.8) is 0 Å². The maximum Gasteiger partial charge on any atom is 0.416 e. The lowest BCUT2D eigenvalue weighted by Gasteiger charge is -2.34. The van der Waals surface area contributed by atoms with Gasteiger partial charge in [-0.15, -0.1) is 0 Å². The molecule has 0 unspecified atom stereocenters. The zero-order chi connectivity index (χ0) is 29.1. The third-order valence-corrected chi connectivity index (χ3v) is 8.33. The summed E-state index contributed by atoms with van der Waals surface area (Å²) in [6, 6.07) is 5.98. The summed E-state index contributed by atoms with van der Waals surface area (Å²) in [5, 5.41) is 17.7. The summed E-state index contributed by atoms with van der Waals surface area (Å²) in [6.07, 6.45) is -6.04. The SMILES string of the molecule is CCS(=O)(=O)c1ccc(C#N)cc1NNC(=O)c1cc(C(F)(F)F)c(CN2CCN(C(=O)O)CC2)c(Cl)c1N. The average Bonchev–Trinajstić information content (AvgIpc) is 2.89. The molecule has 2 amide bonds. The number of nitriles is 1. The molecule has 0 aromatic heterocycles. The van der Waals surface area contributed by atoms with Crippen molar-refractivity contribution in [2.24, 2.45) is 0 Å². The van der Waals surface area contributed by atoms with E-state index in [2.05, 4.69) is 10.9 Å². The van der Waals surface area contributed by atoms with Crippen LogP contribution in [0.1, 0.15) is 34.0 Å². The molecule has 1 aliphatic rings. The zero-order valence-corrected chi connectivity index (χ0v) is 22.0. The molecular formula is C23H24ClF3N6O5S. The Balaban J connectivity index is 1.91. The summed E-state index contributed by atoms with van der Waals surface area (Å²) in [7, 11) is -3.79. The van der Waals surface area contributed by atoms with E-state index in [1.54, 1.807) is 4.90 Å². The van der Waals surface area contributed by atoms with E-state index in [0.29, 0.717) is 6.07 Å². The predicted molar refractivity (Wildman–Crippen MR) is 136 cm³/mol. The quantitative estimate of drug-likeness (QED) is 0.280. The molecule has 1 fully saturated rings. The summed E-state index contributed by atoms with van der Waals surface area (Å²) in [5.74, 6) is -1.42. The van der Waals surface area contributed by atoms with Crippen LogP contribution in [0.4, 0.5) is 29.3 Å². The summed E-state index contributed by atoms with van der Waals surface area (Å²) in [4.78, 5) is 26.5. The Morgan fingerprint density at radius 1 is 1.21 bits per heavy atom. The highest BCUT2D eigenvalue weighted by Gasteiger charge is 2.37.